The van der Waals surface area contributed by atoms with E-state index in [4.69, 9.17) is 14.2 Å². The van der Waals surface area contributed by atoms with Gasteiger partial charge in [0.15, 0.2) is 0 Å². The van der Waals surface area contributed by atoms with Crippen molar-refractivity contribution in [1.82, 2.24) is 9.88 Å². The highest BCUT2D eigenvalue weighted by atomic mass is 16.5. The van der Waals surface area contributed by atoms with Gasteiger partial charge in [-0.15, -0.1) is 0 Å². The number of ether oxygens (including phenoxy) is 3. The summed E-state index contributed by atoms with van der Waals surface area (Å²) in [5, 5.41) is 1.25. The second kappa shape index (κ2) is 6.30. The van der Waals surface area contributed by atoms with Gasteiger partial charge in [-0.05, 0) is 36.6 Å². The summed E-state index contributed by atoms with van der Waals surface area (Å²) in [5.74, 6) is 1.14. The van der Waals surface area contributed by atoms with Crippen molar-refractivity contribution < 1.29 is 19.0 Å². The summed E-state index contributed by atoms with van der Waals surface area (Å²) in [4.78, 5) is 18.4. The Kier molecular flexibility index (Phi) is 3.90. The van der Waals surface area contributed by atoms with Crippen molar-refractivity contribution in [2.45, 2.75) is 18.9 Å². The number of benzene rings is 1. The first-order valence-corrected chi connectivity index (χ1v) is 9.52. The van der Waals surface area contributed by atoms with Gasteiger partial charge < -0.3 is 19.2 Å². The number of methoxy groups -OCH3 is 2. The fourth-order valence-corrected chi connectivity index (χ4v) is 5.09. The molecule has 3 aliphatic rings. The third-order valence-corrected chi connectivity index (χ3v) is 6.43. The lowest BCUT2D eigenvalue weighted by Gasteiger charge is -2.47. The largest absolute Gasteiger partial charge is 0.500 e. The molecule has 0 radical (unpaired) electrons. The Morgan fingerprint density at radius 2 is 2.22 bits per heavy atom. The van der Waals surface area contributed by atoms with Crippen LogP contribution < -0.4 is 4.74 Å². The predicted octanol–water partition coefficient (Wildman–Crippen LogP) is 2.80. The quantitative estimate of drug-likeness (QED) is 0.826. The first kappa shape index (κ1) is 16.7. The third kappa shape index (κ3) is 2.54. The van der Waals surface area contributed by atoms with Gasteiger partial charge in [0, 0.05) is 41.5 Å². The van der Waals surface area contributed by atoms with Crippen LogP contribution in [0.3, 0.4) is 0 Å². The smallest absolute Gasteiger partial charge is 0.337 e. The topological polar surface area (TPSA) is 63.8 Å². The normalized spacial score (nSPS) is 27.0. The van der Waals surface area contributed by atoms with Crippen LogP contribution in [-0.2, 0) is 20.7 Å². The molecule has 142 valence electrons. The summed E-state index contributed by atoms with van der Waals surface area (Å²) in [6.45, 7) is 2.65. The zero-order valence-electron chi connectivity index (χ0n) is 15.7. The van der Waals surface area contributed by atoms with Crippen molar-refractivity contribution in [3.63, 3.8) is 0 Å². The number of nitrogens with zero attached hydrogens (tertiary/aromatic N) is 1. The van der Waals surface area contributed by atoms with Crippen LogP contribution in [-0.4, -0.2) is 49.8 Å². The Morgan fingerprint density at radius 1 is 1.33 bits per heavy atom. The van der Waals surface area contributed by atoms with Crippen LogP contribution in [0.2, 0.25) is 0 Å². The fraction of sp³-hybridized carbons (Fsp3) is 0.476. The molecule has 5 rings (SSSR count). The number of esters is 1. The highest BCUT2D eigenvalue weighted by molar-refractivity contribution is 5.89. The van der Waals surface area contributed by atoms with Gasteiger partial charge in [0.1, 0.15) is 5.75 Å². The molecule has 0 amide bonds. The molecule has 4 heterocycles. The molecular weight excluding hydrogens is 344 g/mol. The van der Waals surface area contributed by atoms with Crippen molar-refractivity contribution in [3.05, 3.63) is 41.3 Å². The van der Waals surface area contributed by atoms with Gasteiger partial charge in [-0.25, -0.2) is 4.79 Å². The average Bonchev–Trinajstić information content (AvgIpc) is 3.09. The van der Waals surface area contributed by atoms with E-state index in [9.17, 15) is 4.79 Å². The maximum absolute atomic E-state index is 12.2. The summed E-state index contributed by atoms with van der Waals surface area (Å²) in [7, 11) is 3.14. The molecule has 1 saturated heterocycles. The zero-order valence-corrected chi connectivity index (χ0v) is 15.7. The van der Waals surface area contributed by atoms with Crippen molar-refractivity contribution >= 4 is 16.9 Å². The zero-order chi connectivity index (χ0) is 18.5. The number of fused-ring (bicyclic) bond motifs is 6. The van der Waals surface area contributed by atoms with Crippen molar-refractivity contribution in [2.75, 3.05) is 33.9 Å². The van der Waals surface area contributed by atoms with Crippen LogP contribution in [0, 0.1) is 11.8 Å². The monoisotopic (exact) mass is 368 g/mol. The lowest BCUT2D eigenvalue weighted by molar-refractivity contribution is -0.138. The second-order valence-corrected chi connectivity index (χ2v) is 7.69. The van der Waals surface area contributed by atoms with Crippen LogP contribution in [0.1, 0.15) is 23.7 Å². The molecule has 1 fully saturated rings. The first-order chi connectivity index (χ1) is 13.2. The van der Waals surface area contributed by atoms with E-state index >= 15 is 0 Å². The number of hydrogen-bond donors (Lipinski definition) is 1. The minimum atomic E-state index is -0.268. The van der Waals surface area contributed by atoms with E-state index in [0.717, 1.165) is 37.2 Å². The van der Waals surface area contributed by atoms with E-state index in [1.54, 1.807) is 13.4 Å². The molecule has 6 heteroatoms. The number of carbonyl (C=O) groups excluding carboxylic acids is 1. The number of H-pyrrole nitrogens is 1. The lowest BCUT2D eigenvalue weighted by atomic mass is 9.74. The number of nitrogens with one attached hydrogen (secondary N) is 1. The number of aromatic nitrogens is 1. The number of aromatic amines is 1. The molecular formula is C21H24N2O4. The molecule has 0 spiro atoms. The fourth-order valence-electron chi connectivity index (χ4n) is 5.09. The Bertz CT molecular complexity index is 932. The second-order valence-electron chi connectivity index (χ2n) is 7.69. The number of rotatable bonds is 2. The van der Waals surface area contributed by atoms with Crippen LogP contribution in [0.15, 0.2) is 30.0 Å². The minimum absolute atomic E-state index is 0.180. The summed E-state index contributed by atoms with van der Waals surface area (Å²) in [6.07, 6.45) is 3.55. The van der Waals surface area contributed by atoms with E-state index in [1.807, 2.05) is 6.07 Å². The molecule has 0 saturated carbocycles. The van der Waals surface area contributed by atoms with Gasteiger partial charge in [0.25, 0.3) is 0 Å². The molecule has 3 aliphatic heterocycles. The van der Waals surface area contributed by atoms with Crippen LogP contribution in [0.5, 0.6) is 5.75 Å². The van der Waals surface area contributed by atoms with Gasteiger partial charge in [0.05, 0.1) is 38.7 Å². The highest BCUT2D eigenvalue weighted by Gasteiger charge is 2.44. The van der Waals surface area contributed by atoms with Crippen molar-refractivity contribution in [2.24, 2.45) is 11.8 Å². The summed E-state index contributed by atoms with van der Waals surface area (Å²) < 4.78 is 16.0. The Hall–Kier alpha value is -2.47. The first-order valence-electron chi connectivity index (χ1n) is 9.52. The number of hydrogen-bond acceptors (Lipinski definition) is 5. The third-order valence-electron chi connectivity index (χ3n) is 6.43. The molecule has 6 nitrogen and oxygen atoms in total. The van der Waals surface area contributed by atoms with E-state index in [-0.39, 0.29) is 11.9 Å². The standard InChI is InChI=1S/C21H24N2O4/c1-25-13-3-4-18-16(7-13)14-5-6-23-9-12-10-27-11-17(21(24)26-2)15(12)8-19(23)20(14)22-18/h3-4,7,11-12,15,19,22H,5-6,8-10H2,1-2H3/t12-,15-,19-/m0/s1. The highest BCUT2D eigenvalue weighted by Crippen LogP contribution is 2.46. The molecule has 1 aromatic heterocycles. The lowest BCUT2D eigenvalue weighted by Crippen LogP contribution is -2.49. The molecule has 0 bridgehead atoms. The van der Waals surface area contributed by atoms with Crippen LogP contribution in [0.4, 0.5) is 0 Å². The Morgan fingerprint density at radius 3 is 3.04 bits per heavy atom. The molecule has 1 aromatic carbocycles. The maximum Gasteiger partial charge on any atom is 0.337 e. The minimum Gasteiger partial charge on any atom is -0.500 e. The van der Waals surface area contributed by atoms with Crippen LogP contribution in [0.25, 0.3) is 10.9 Å². The van der Waals surface area contributed by atoms with Gasteiger partial charge >= 0.3 is 5.97 Å². The van der Waals surface area contributed by atoms with Crippen molar-refractivity contribution in [1.29, 1.82) is 0 Å². The molecule has 2 aromatic rings. The summed E-state index contributed by atoms with van der Waals surface area (Å²) >= 11 is 0. The Balaban J connectivity index is 1.53. The van der Waals surface area contributed by atoms with Gasteiger partial charge in [-0.1, -0.05) is 0 Å². The Labute approximate surface area is 158 Å². The molecule has 1 N–H and O–H groups in total. The molecule has 0 unspecified atom stereocenters. The van der Waals surface area contributed by atoms with E-state index in [0.29, 0.717) is 24.1 Å². The number of piperidine rings is 1. The van der Waals surface area contributed by atoms with E-state index < -0.39 is 0 Å². The predicted molar refractivity (Wildman–Crippen MR) is 101 cm³/mol. The van der Waals surface area contributed by atoms with E-state index in [2.05, 4.69) is 22.0 Å². The molecule has 0 aliphatic carbocycles. The maximum atomic E-state index is 12.2. The van der Waals surface area contributed by atoms with Crippen molar-refractivity contribution in [3.8, 4) is 5.75 Å². The van der Waals surface area contributed by atoms with Crippen LogP contribution >= 0.6 is 0 Å². The van der Waals surface area contributed by atoms with Gasteiger partial charge in [-0.3, -0.25) is 4.90 Å². The molecule has 3 atom stereocenters. The van der Waals surface area contributed by atoms with E-state index in [1.165, 1.54) is 23.8 Å². The molecule has 27 heavy (non-hydrogen) atoms. The van der Waals surface area contributed by atoms with Gasteiger partial charge in [0.2, 0.25) is 0 Å². The summed E-state index contributed by atoms with van der Waals surface area (Å²) in [6, 6.07) is 6.51. The average molecular weight is 368 g/mol. The number of carbonyl (C=O) groups is 1. The SMILES string of the molecule is COC(=O)C1=COC[C@@H]2CN3CCc4c([nH]c5ccc(OC)cc45)[C@@H]3C[C@H]12. The summed E-state index contributed by atoms with van der Waals surface area (Å²) in [5.41, 5.74) is 4.51. The van der Waals surface area contributed by atoms with Gasteiger partial charge in [-0.2, -0.15) is 0 Å².